The smallest absolute Gasteiger partial charge is 0.573 e. The van der Waals surface area contributed by atoms with Crippen molar-refractivity contribution >= 4 is 22.7 Å². The summed E-state index contributed by atoms with van der Waals surface area (Å²) in [5, 5.41) is -0.0524. The van der Waals surface area contributed by atoms with Crippen LogP contribution in [0.4, 0.5) is 13.2 Å². The summed E-state index contributed by atoms with van der Waals surface area (Å²) in [6, 6.07) is 2.85. The van der Waals surface area contributed by atoms with Crippen molar-refractivity contribution < 1.29 is 26.7 Å². The van der Waals surface area contributed by atoms with Gasteiger partial charge in [-0.2, -0.15) is 0 Å². The fraction of sp³-hybridized carbons (Fsp3) is 0.143. The molecule has 1 aromatic carbocycles. The van der Waals surface area contributed by atoms with Gasteiger partial charge in [0, 0.05) is 11.1 Å². The molecular formula is C7H3ClF3O3S-. The van der Waals surface area contributed by atoms with E-state index in [1.807, 2.05) is 0 Å². The minimum absolute atomic E-state index is 0.0524. The lowest BCUT2D eigenvalue weighted by atomic mass is 10.3. The van der Waals surface area contributed by atoms with E-state index in [1.54, 1.807) is 0 Å². The summed E-state index contributed by atoms with van der Waals surface area (Å²) in [4.78, 5) is -0.600. The average Bonchev–Trinajstić information content (AvgIpc) is 1.99. The Morgan fingerprint density at radius 1 is 1.40 bits per heavy atom. The zero-order chi connectivity index (χ0) is 11.6. The van der Waals surface area contributed by atoms with Crippen LogP contribution >= 0.6 is 11.6 Å². The second-order valence-electron chi connectivity index (χ2n) is 2.37. The maximum absolute atomic E-state index is 11.9. The molecule has 0 radical (unpaired) electrons. The maximum Gasteiger partial charge on any atom is 0.573 e. The number of halogens is 4. The van der Waals surface area contributed by atoms with E-state index in [-0.39, 0.29) is 5.02 Å². The quantitative estimate of drug-likeness (QED) is 0.767. The molecule has 1 atom stereocenters. The highest BCUT2D eigenvalue weighted by Gasteiger charge is 2.32. The first kappa shape index (κ1) is 12.3. The Balaban J connectivity index is 3.13. The molecule has 0 aromatic heterocycles. The third-order valence-electron chi connectivity index (χ3n) is 1.31. The highest BCUT2D eigenvalue weighted by atomic mass is 35.5. The van der Waals surface area contributed by atoms with Crippen molar-refractivity contribution in [2.24, 2.45) is 0 Å². The Labute approximate surface area is 90.1 Å². The van der Waals surface area contributed by atoms with E-state index in [0.29, 0.717) is 0 Å². The number of ether oxygens (including phenoxy) is 1. The van der Waals surface area contributed by atoms with Crippen LogP contribution < -0.4 is 4.74 Å². The number of rotatable bonds is 2. The lowest BCUT2D eigenvalue weighted by Gasteiger charge is -2.14. The van der Waals surface area contributed by atoms with Crippen LogP contribution in [0.2, 0.25) is 5.02 Å². The molecule has 0 aliphatic heterocycles. The summed E-state index contributed by atoms with van der Waals surface area (Å²) in [5.74, 6) is -0.844. The Bertz CT molecular complexity index is 394. The van der Waals surface area contributed by atoms with Crippen LogP contribution in [0.3, 0.4) is 0 Å². The predicted octanol–water partition coefficient (Wildman–Crippen LogP) is 2.48. The van der Waals surface area contributed by atoms with E-state index in [9.17, 15) is 21.9 Å². The molecule has 0 amide bonds. The Hall–Kier alpha value is -0.790. The second-order valence-corrected chi connectivity index (χ2v) is 3.72. The van der Waals surface area contributed by atoms with Crippen LogP contribution in [0.25, 0.3) is 0 Å². The molecular weight excluding hydrogens is 257 g/mol. The van der Waals surface area contributed by atoms with Crippen molar-refractivity contribution in [3.05, 3.63) is 23.2 Å². The third-order valence-corrected chi connectivity index (χ3v) is 2.24. The van der Waals surface area contributed by atoms with Crippen molar-refractivity contribution in [3.8, 4) is 5.75 Å². The van der Waals surface area contributed by atoms with E-state index < -0.39 is 28.1 Å². The van der Waals surface area contributed by atoms with Crippen LogP contribution in [0.1, 0.15) is 0 Å². The Kier molecular flexibility index (Phi) is 3.58. The van der Waals surface area contributed by atoms with E-state index in [1.165, 1.54) is 0 Å². The number of benzene rings is 1. The topological polar surface area (TPSA) is 49.4 Å². The van der Waals surface area contributed by atoms with Gasteiger partial charge < -0.3 is 9.29 Å². The highest BCUT2D eigenvalue weighted by Crippen LogP contribution is 2.30. The van der Waals surface area contributed by atoms with Crippen LogP contribution in [-0.4, -0.2) is 15.1 Å². The van der Waals surface area contributed by atoms with Gasteiger partial charge in [0.25, 0.3) is 0 Å². The van der Waals surface area contributed by atoms with Crippen molar-refractivity contribution in [1.82, 2.24) is 0 Å². The van der Waals surface area contributed by atoms with Crippen molar-refractivity contribution in [2.75, 3.05) is 0 Å². The standard InChI is InChI=1S/C7H4ClF3O3S/c8-4-1-2-6(15(12)13)5(3-4)14-7(9,10)11/h1-3H,(H,12,13)/p-1. The Morgan fingerprint density at radius 3 is 2.47 bits per heavy atom. The van der Waals surface area contributed by atoms with Crippen LogP contribution in [0.15, 0.2) is 23.1 Å². The summed E-state index contributed by atoms with van der Waals surface area (Å²) >= 11 is 2.58. The van der Waals surface area contributed by atoms with Gasteiger partial charge in [-0.05, 0) is 23.2 Å². The molecule has 0 bridgehead atoms. The summed E-state index contributed by atoms with van der Waals surface area (Å²) in [7, 11) is 0. The van der Waals surface area contributed by atoms with Crippen LogP contribution in [0.5, 0.6) is 5.75 Å². The number of hydrogen-bond donors (Lipinski definition) is 0. The van der Waals surface area contributed by atoms with Gasteiger partial charge in [-0.3, -0.25) is 4.21 Å². The minimum atomic E-state index is -4.96. The Morgan fingerprint density at radius 2 is 2.00 bits per heavy atom. The molecule has 8 heteroatoms. The molecule has 1 unspecified atom stereocenters. The zero-order valence-corrected chi connectivity index (χ0v) is 8.45. The molecule has 0 saturated carbocycles. The SMILES string of the molecule is O=S([O-])c1ccc(Cl)cc1OC(F)(F)F. The molecule has 1 rings (SSSR count). The molecule has 3 nitrogen and oxygen atoms in total. The molecule has 84 valence electrons. The first-order valence-electron chi connectivity index (χ1n) is 3.44. The molecule has 0 fully saturated rings. The first-order valence-corrected chi connectivity index (χ1v) is 4.89. The van der Waals surface area contributed by atoms with Gasteiger partial charge in [0.2, 0.25) is 0 Å². The monoisotopic (exact) mass is 259 g/mol. The fourth-order valence-corrected chi connectivity index (χ4v) is 1.43. The first-order chi connectivity index (χ1) is 6.79. The summed E-state index contributed by atoms with van der Waals surface area (Å²) in [6.45, 7) is 0. The van der Waals surface area contributed by atoms with Gasteiger partial charge >= 0.3 is 6.36 Å². The van der Waals surface area contributed by atoms with Gasteiger partial charge in [0.15, 0.2) is 0 Å². The van der Waals surface area contributed by atoms with E-state index in [4.69, 9.17) is 11.6 Å². The van der Waals surface area contributed by atoms with Crippen molar-refractivity contribution in [1.29, 1.82) is 0 Å². The van der Waals surface area contributed by atoms with Crippen molar-refractivity contribution in [3.63, 3.8) is 0 Å². The summed E-state index contributed by atoms with van der Waals surface area (Å²) in [6.07, 6.45) is -4.96. The van der Waals surface area contributed by atoms with Gasteiger partial charge in [-0.1, -0.05) is 11.6 Å². The molecule has 0 N–H and O–H groups in total. The fourth-order valence-electron chi connectivity index (χ4n) is 0.824. The number of hydrogen-bond acceptors (Lipinski definition) is 3. The van der Waals surface area contributed by atoms with Gasteiger partial charge in [-0.25, -0.2) is 0 Å². The zero-order valence-electron chi connectivity index (χ0n) is 6.88. The van der Waals surface area contributed by atoms with E-state index in [0.717, 1.165) is 18.2 Å². The van der Waals surface area contributed by atoms with Gasteiger partial charge in [0.1, 0.15) is 5.75 Å². The lowest BCUT2D eigenvalue weighted by Crippen LogP contribution is -2.18. The highest BCUT2D eigenvalue weighted by molar-refractivity contribution is 7.79. The third kappa shape index (κ3) is 3.69. The van der Waals surface area contributed by atoms with Gasteiger partial charge in [-0.15, -0.1) is 13.2 Å². The molecule has 0 aliphatic carbocycles. The molecule has 0 heterocycles. The van der Waals surface area contributed by atoms with E-state index >= 15 is 0 Å². The molecule has 0 saturated heterocycles. The average molecular weight is 260 g/mol. The van der Waals surface area contributed by atoms with Crippen LogP contribution in [0, 0.1) is 0 Å². The molecule has 0 aliphatic rings. The number of alkyl halides is 3. The molecule has 1 aromatic rings. The second kappa shape index (κ2) is 4.38. The minimum Gasteiger partial charge on any atom is -0.768 e. The van der Waals surface area contributed by atoms with Crippen molar-refractivity contribution in [2.45, 2.75) is 11.3 Å². The predicted molar refractivity (Wildman–Crippen MR) is 45.3 cm³/mol. The molecule has 15 heavy (non-hydrogen) atoms. The summed E-state index contributed by atoms with van der Waals surface area (Å²) < 4.78 is 60.1. The lowest BCUT2D eigenvalue weighted by molar-refractivity contribution is -0.275. The largest absolute Gasteiger partial charge is 0.768 e. The van der Waals surface area contributed by atoms with Crippen LogP contribution in [-0.2, 0) is 11.1 Å². The van der Waals surface area contributed by atoms with E-state index in [2.05, 4.69) is 4.74 Å². The normalized spacial score (nSPS) is 13.7. The maximum atomic E-state index is 11.9. The van der Waals surface area contributed by atoms with Gasteiger partial charge in [0.05, 0.1) is 4.90 Å². The molecule has 0 spiro atoms. The summed E-state index contributed by atoms with van der Waals surface area (Å²) in [5.41, 5.74) is 0.